The smallest absolute Gasteiger partial charge is 0.133 e. The molecule has 1 aromatic carbocycles. The molecule has 2 unspecified atom stereocenters. The molecule has 0 aliphatic rings. The van der Waals surface area contributed by atoms with Crippen LogP contribution in [0.25, 0.3) is 0 Å². The van der Waals surface area contributed by atoms with Crippen LogP contribution < -0.4 is 10.1 Å². The molecule has 0 aromatic heterocycles. The van der Waals surface area contributed by atoms with Gasteiger partial charge in [-0.15, -0.1) is 0 Å². The molecular weight excluding hydrogens is 328 g/mol. The van der Waals surface area contributed by atoms with Crippen molar-refractivity contribution in [3.05, 3.63) is 28.2 Å². The van der Waals surface area contributed by atoms with Crippen LogP contribution in [0.3, 0.4) is 0 Å². The minimum atomic E-state index is 0.316. The molecule has 4 heteroatoms. The normalized spacial score (nSPS) is 14.5. The molecule has 0 amide bonds. The summed E-state index contributed by atoms with van der Waals surface area (Å²) in [6.07, 6.45) is 1.18. The first-order valence-corrected chi connectivity index (χ1v) is 8.37. The molecule has 1 rings (SSSR count). The minimum absolute atomic E-state index is 0.316. The van der Waals surface area contributed by atoms with Crippen LogP contribution in [-0.4, -0.2) is 38.7 Å². The molecule has 2 atom stereocenters. The number of nitrogens with one attached hydrogen (secondary N) is 1. The summed E-state index contributed by atoms with van der Waals surface area (Å²) in [5.41, 5.74) is 1.27. The van der Waals surface area contributed by atoms with Gasteiger partial charge in [-0.25, -0.2) is 0 Å². The maximum absolute atomic E-state index is 5.29. The van der Waals surface area contributed by atoms with E-state index in [-0.39, 0.29) is 0 Å². The summed E-state index contributed by atoms with van der Waals surface area (Å²) in [4.78, 5) is 2.25. The molecule has 0 heterocycles. The summed E-state index contributed by atoms with van der Waals surface area (Å²) in [5, 5.41) is 3.76. The summed E-state index contributed by atoms with van der Waals surface area (Å²) >= 11 is 3.56. The standard InChI is InChI=1S/C17H29BrN2O/c1-12(2)9-15(11-20(4)5)19-13(3)14-7-8-17(21-6)16(18)10-14/h7-8,10,12-13,15,19H,9,11H2,1-6H3. The third-order valence-corrected chi connectivity index (χ3v) is 4.12. The quantitative estimate of drug-likeness (QED) is 0.759. The van der Waals surface area contributed by atoms with E-state index in [2.05, 4.69) is 73.1 Å². The molecule has 0 bridgehead atoms. The number of halogens is 1. The third-order valence-electron chi connectivity index (χ3n) is 3.50. The lowest BCUT2D eigenvalue weighted by Gasteiger charge is -2.28. The Kier molecular flexibility index (Phi) is 7.71. The van der Waals surface area contributed by atoms with Crippen LogP contribution in [-0.2, 0) is 0 Å². The number of rotatable bonds is 8. The van der Waals surface area contributed by atoms with Gasteiger partial charge in [0.15, 0.2) is 0 Å². The number of hydrogen-bond donors (Lipinski definition) is 1. The fourth-order valence-corrected chi connectivity index (χ4v) is 3.17. The Morgan fingerprint density at radius 3 is 2.38 bits per heavy atom. The van der Waals surface area contributed by atoms with Gasteiger partial charge in [-0.3, -0.25) is 0 Å². The largest absolute Gasteiger partial charge is 0.496 e. The summed E-state index contributed by atoms with van der Waals surface area (Å²) < 4.78 is 6.30. The van der Waals surface area contributed by atoms with Crippen LogP contribution in [0.1, 0.15) is 38.8 Å². The van der Waals surface area contributed by atoms with E-state index in [1.807, 2.05) is 6.07 Å². The van der Waals surface area contributed by atoms with Crippen molar-refractivity contribution < 1.29 is 4.74 Å². The second-order valence-electron chi connectivity index (χ2n) is 6.37. The monoisotopic (exact) mass is 356 g/mol. The zero-order valence-electron chi connectivity index (χ0n) is 14.1. The Morgan fingerprint density at radius 2 is 1.90 bits per heavy atom. The van der Waals surface area contributed by atoms with E-state index in [9.17, 15) is 0 Å². The molecule has 0 aliphatic heterocycles. The van der Waals surface area contributed by atoms with Crippen molar-refractivity contribution in [1.29, 1.82) is 0 Å². The van der Waals surface area contributed by atoms with Crippen molar-refractivity contribution in [2.24, 2.45) is 5.92 Å². The van der Waals surface area contributed by atoms with Crippen molar-refractivity contribution in [1.82, 2.24) is 10.2 Å². The second kappa shape index (κ2) is 8.76. The van der Waals surface area contributed by atoms with E-state index in [1.54, 1.807) is 7.11 Å². The fraction of sp³-hybridized carbons (Fsp3) is 0.647. The van der Waals surface area contributed by atoms with E-state index in [4.69, 9.17) is 4.74 Å². The van der Waals surface area contributed by atoms with E-state index < -0.39 is 0 Å². The molecule has 1 N–H and O–H groups in total. The number of ether oxygens (including phenoxy) is 1. The van der Waals surface area contributed by atoms with Crippen LogP contribution in [0.15, 0.2) is 22.7 Å². The summed E-state index contributed by atoms with van der Waals surface area (Å²) in [6, 6.07) is 7.09. The number of hydrogen-bond acceptors (Lipinski definition) is 3. The van der Waals surface area contributed by atoms with Crippen molar-refractivity contribution in [3.8, 4) is 5.75 Å². The first-order valence-electron chi connectivity index (χ1n) is 7.57. The minimum Gasteiger partial charge on any atom is -0.496 e. The number of methoxy groups -OCH3 is 1. The second-order valence-corrected chi connectivity index (χ2v) is 7.23. The molecule has 0 radical (unpaired) electrons. The van der Waals surface area contributed by atoms with E-state index in [1.165, 1.54) is 12.0 Å². The predicted octanol–water partition coefficient (Wildman–Crippen LogP) is 4.08. The van der Waals surface area contributed by atoms with Gasteiger partial charge in [-0.1, -0.05) is 19.9 Å². The average molecular weight is 357 g/mol. The van der Waals surface area contributed by atoms with Crippen LogP contribution in [0.5, 0.6) is 5.75 Å². The molecule has 0 saturated heterocycles. The lowest BCUT2D eigenvalue weighted by atomic mass is 10.0. The highest BCUT2D eigenvalue weighted by Crippen LogP contribution is 2.28. The highest BCUT2D eigenvalue weighted by Gasteiger charge is 2.16. The van der Waals surface area contributed by atoms with Gasteiger partial charge in [0.05, 0.1) is 11.6 Å². The molecular formula is C17H29BrN2O. The van der Waals surface area contributed by atoms with Crippen LogP contribution >= 0.6 is 15.9 Å². The van der Waals surface area contributed by atoms with Crippen molar-refractivity contribution in [2.45, 2.75) is 39.3 Å². The number of nitrogens with zero attached hydrogens (tertiary/aromatic N) is 1. The van der Waals surface area contributed by atoms with Crippen LogP contribution in [0, 0.1) is 5.92 Å². The maximum Gasteiger partial charge on any atom is 0.133 e. The molecule has 3 nitrogen and oxygen atoms in total. The van der Waals surface area contributed by atoms with Gasteiger partial charge in [0.1, 0.15) is 5.75 Å². The Labute approximate surface area is 138 Å². The van der Waals surface area contributed by atoms with Crippen molar-refractivity contribution >= 4 is 15.9 Å². The number of likely N-dealkylation sites (N-methyl/N-ethyl adjacent to an activating group) is 1. The topological polar surface area (TPSA) is 24.5 Å². The van der Waals surface area contributed by atoms with E-state index >= 15 is 0 Å². The molecule has 1 aromatic rings. The molecule has 0 saturated carbocycles. The van der Waals surface area contributed by atoms with Gasteiger partial charge in [0, 0.05) is 18.6 Å². The summed E-state index contributed by atoms with van der Waals surface area (Å²) in [7, 11) is 5.95. The Hall–Kier alpha value is -0.580. The molecule has 21 heavy (non-hydrogen) atoms. The maximum atomic E-state index is 5.29. The third kappa shape index (κ3) is 6.37. The highest BCUT2D eigenvalue weighted by molar-refractivity contribution is 9.10. The SMILES string of the molecule is COc1ccc(C(C)NC(CC(C)C)CN(C)C)cc1Br. The lowest BCUT2D eigenvalue weighted by Crippen LogP contribution is -2.40. The first kappa shape index (κ1) is 18.5. The zero-order valence-corrected chi connectivity index (χ0v) is 15.7. The Balaban J connectivity index is 2.75. The lowest BCUT2D eigenvalue weighted by molar-refractivity contribution is 0.291. The fourth-order valence-electron chi connectivity index (χ4n) is 2.61. The summed E-state index contributed by atoms with van der Waals surface area (Å²) in [5.74, 6) is 1.57. The summed E-state index contributed by atoms with van der Waals surface area (Å²) in [6.45, 7) is 7.83. The van der Waals surface area contributed by atoms with Gasteiger partial charge in [-0.05, 0) is 67.0 Å². The van der Waals surface area contributed by atoms with E-state index in [0.29, 0.717) is 18.0 Å². The molecule has 0 fully saturated rings. The Morgan fingerprint density at radius 1 is 1.24 bits per heavy atom. The number of benzene rings is 1. The van der Waals surface area contributed by atoms with Gasteiger partial charge < -0.3 is 15.0 Å². The highest BCUT2D eigenvalue weighted by atomic mass is 79.9. The molecule has 120 valence electrons. The molecule has 0 spiro atoms. The van der Waals surface area contributed by atoms with E-state index in [0.717, 1.165) is 16.8 Å². The predicted molar refractivity (Wildman–Crippen MR) is 94.0 cm³/mol. The van der Waals surface area contributed by atoms with Gasteiger partial charge in [0.2, 0.25) is 0 Å². The van der Waals surface area contributed by atoms with Crippen LogP contribution in [0.4, 0.5) is 0 Å². The first-order chi connectivity index (χ1) is 9.83. The van der Waals surface area contributed by atoms with Crippen molar-refractivity contribution in [3.63, 3.8) is 0 Å². The van der Waals surface area contributed by atoms with Gasteiger partial charge >= 0.3 is 0 Å². The molecule has 0 aliphatic carbocycles. The van der Waals surface area contributed by atoms with Crippen LogP contribution in [0.2, 0.25) is 0 Å². The van der Waals surface area contributed by atoms with Crippen molar-refractivity contribution in [2.75, 3.05) is 27.7 Å². The van der Waals surface area contributed by atoms with Gasteiger partial charge in [-0.2, -0.15) is 0 Å². The zero-order chi connectivity index (χ0) is 16.0. The van der Waals surface area contributed by atoms with Gasteiger partial charge in [0.25, 0.3) is 0 Å². The Bertz CT molecular complexity index is 425. The average Bonchev–Trinajstić information content (AvgIpc) is 2.36.